The largest absolute Gasteiger partial charge is 0.493 e. The minimum absolute atomic E-state index is 0.0233. The Morgan fingerprint density at radius 3 is 2.66 bits per heavy atom. The molecule has 0 saturated heterocycles. The number of hydrogen-bond donors (Lipinski definition) is 1. The molecule has 0 saturated carbocycles. The Kier molecular flexibility index (Phi) is 6.43. The molecule has 0 atom stereocenters. The lowest BCUT2D eigenvalue weighted by Gasteiger charge is -2.12. The average Bonchev–Trinajstić information content (AvgIpc) is 3.17. The molecule has 0 fully saturated rings. The van der Waals surface area contributed by atoms with E-state index in [1.54, 1.807) is 23.6 Å². The molecule has 3 rings (SSSR count). The summed E-state index contributed by atoms with van der Waals surface area (Å²) in [5, 5.41) is 5.16. The molecule has 1 amide bonds. The van der Waals surface area contributed by atoms with Crippen molar-refractivity contribution in [3.63, 3.8) is 0 Å². The van der Waals surface area contributed by atoms with Gasteiger partial charge in [-0.25, -0.2) is 13.8 Å². The van der Waals surface area contributed by atoms with Crippen molar-refractivity contribution in [1.29, 1.82) is 0 Å². The summed E-state index contributed by atoms with van der Waals surface area (Å²) in [5.41, 5.74) is 1.35. The monoisotopic (exact) mass is 418 g/mol. The number of methoxy groups -OCH3 is 1. The van der Waals surface area contributed by atoms with Crippen molar-refractivity contribution in [2.75, 3.05) is 7.11 Å². The number of halogens is 2. The maximum Gasteiger partial charge on any atom is 0.270 e. The van der Waals surface area contributed by atoms with Gasteiger partial charge >= 0.3 is 0 Å². The van der Waals surface area contributed by atoms with Crippen LogP contribution in [0.5, 0.6) is 11.5 Å². The number of ether oxygens (including phenoxy) is 2. The summed E-state index contributed by atoms with van der Waals surface area (Å²) in [6, 6.07) is 8.55. The highest BCUT2D eigenvalue weighted by molar-refractivity contribution is 7.13. The maximum atomic E-state index is 13.8. The Labute approximate surface area is 171 Å². The summed E-state index contributed by atoms with van der Waals surface area (Å²) in [6.45, 7) is 3.69. The number of carbonyl (C=O) groups excluding carboxylic acids is 1. The quantitative estimate of drug-likeness (QED) is 0.598. The fraction of sp³-hybridized carbons (Fsp3) is 0.238. The lowest BCUT2D eigenvalue weighted by atomic mass is 10.2. The fourth-order valence-corrected chi connectivity index (χ4v) is 3.36. The van der Waals surface area contributed by atoms with E-state index in [-0.39, 0.29) is 24.1 Å². The van der Waals surface area contributed by atoms with Crippen LogP contribution in [0.15, 0.2) is 41.8 Å². The van der Waals surface area contributed by atoms with Crippen molar-refractivity contribution in [3.8, 4) is 22.1 Å². The van der Waals surface area contributed by atoms with Gasteiger partial charge in [-0.3, -0.25) is 4.79 Å². The van der Waals surface area contributed by atoms with Crippen LogP contribution in [0.4, 0.5) is 8.78 Å². The van der Waals surface area contributed by atoms with Gasteiger partial charge < -0.3 is 14.8 Å². The van der Waals surface area contributed by atoms with Crippen molar-refractivity contribution < 1.29 is 23.0 Å². The Hall–Kier alpha value is -3.00. The minimum atomic E-state index is -0.671. The Morgan fingerprint density at radius 1 is 1.17 bits per heavy atom. The van der Waals surface area contributed by atoms with Crippen molar-refractivity contribution in [2.24, 2.45) is 0 Å². The van der Waals surface area contributed by atoms with E-state index in [2.05, 4.69) is 10.3 Å². The Morgan fingerprint density at radius 2 is 1.97 bits per heavy atom. The number of thiazole rings is 1. The van der Waals surface area contributed by atoms with E-state index < -0.39 is 11.6 Å². The third-order valence-corrected chi connectivity index (χ3v) is 4.86. The molecule has 0 aliphatic rings. The Bertz CT molecular complexity index is 1020. The van der Waals surface area contributed by atoms with Crippen LogP contribution in [0.25, 0.3) is 10.6 Å². The summed E-state index contributed by atoms with van der Waals surface area (Å²) < 4.78 is 37.8. The summed E-state index contributed by atoms with van der Waals surface area (Å²) in [4.78, 5) is 16.5. The van der Waals surface area contributed by atoms with E-state index in [0.717, 1.165) is 11.6 Å². The minimum Gasteiger partial charge on any atom is -0.493 e. The van der Waals surface area contributed by atoms with Gasteiger partial charge in [-0.2, -0.15) is 0 Å². The molecule has 0 spiro atoms. The van der Waals surface area contributed by atoms with Crippen LogP contribution in [0.3, 0.4) is 0 Å². The van der Waals surface area contributed by atoms with Gasteiger partial charge in [0.2, 0.25) is 0 Å². The standard InChI is InChI=1S/C21H20F2N2O3S/c1-12(2)24-20(26)17-11-29-21(25-17)13-5-7-18(19(8-13)27-3)28-10-14-4-6-15(22)9-16(14)23/h4-9,11-12H,10H2,1-3H3,(H,24,26). The highest BCUT2D eigenvalue weighted by Gasteiger charge is 2.15. The van der Waals surface area contributed by atoms with E-state index >= 15 is 0 Å². The predicted octanol–water partition coefficient (Wildman–Crippen LogP) is 4.81. The SMILES string of the molecule is COc1cc(-c2nc(C(=O)NC(C)C)cs2)ccc1OCc1ccc(F)cc1F. The molecule has 29 heavy (non-hydrogen) atoms. The summed E-state index contributed by atoms with van der Waals surface area (Å²) >= 11 is 1.34. The first kappa shape index (κ1) is 20.7. The van der Waals surface area contributed by atoms with E-state index in [4.69, 9.17) is 9.47 Å². The van der Waals surface area contributed by atoms with Gasteiger partial charge in [-0.05, 0) is 44.2 Å². The number of hydrogen-bond acceptors (Lipinski definition) is 5. The van der Waals surface area contributed by atoms with Crippen molar-refractivity contribution in [3.05, 3.63) is 64.7 Å². The zero-order valence-corrected chi connectivity index (χ0v) is 17.0. The number of nitrogens with zero attached hydrogens (tertiary/aromatic N) is 1. The molecule has 1 heterocycles. The molecule has 0 radical (unpaired) electrons. The van der Waals surface area contributed by atoms with Gasteiger partial charge in [0.15, 0.2) is 11.5 Å². The highest BCUT2D eigenvalue weighted by Crippen LogP contribution is 2.34. The summed E-state index contributed by atoms with van der Waals surface area (Å²) in [6.07, 6.45) is 0. The molecule has 0 aliphatic carbocycles. The number of rotatable bonds is 7. The van der Waals surface area contributed by atoms with Crippen LogP contribution in [0.1, 0.15) is 29.9 Å². The van der Waals surface area contributed by atoms with Crippen LogP contribution in [0, 0.1) is 11.6 Å². The molecule has 0 bridgehead atoms. The number of benzene rings is 2. The molecule has 152 valence electrons. The Balaban J connectivity index is 1.76. The van der Waals surface area contributed by atoms with Crippen LogP contribution < -0.4 is 14.8 Å². The molecular formula is C21H20F2N2O3S. The zero-order valence-electron chi connectivity index (χ0n) is 16.2. The topological polar surface area (TPSA) is 60.5 Å². The van der Waals surface area contributed by atoms with Crippen LogP contribution in [0.2, 0.25) is 0 Å². The zero-order chi connectivity index (χ0) is 21.0. The van der Waals surface area contributed by atoms with E-state index in [1.807, 2.05) is 13.8 Å². The van der Waals surface area contributed by atoms with Crippen LogP contribution >= 0.6 is 11.3 Å². The van der Waals surface area contributed by atoms with Crippen LogP contribution in [-0.2, 0) is 6.61 Å². The lowest BCUT2D eigenvalue weighted by Crippen LogP contribution is -2.30. The maximum absolute atomic E-state index is 13.8. The van der Waals surface area contributed by atoms with Crippen molar-refractivity contribution in [2.45, 2.75) is 26.5 Å². The smallest absolute Gasteiger partial charge is 0.270 e. The van der Waals surface area contributed by atoms with Gasteiger partial charge in [0, 0.05) is 28.6 Å². The van der Waals surface area contributed by atoms with E-state index in [9.17, 15) is 13.6 Å². The van der Waals surface area contributed by atoms with Gasteiger partial charge in [0.05, 0.1) is 7.11 Å². The second-order valence-electron chi connectivity index (χ2n) is 6.56. The van der Waals surface area contributed by atoms with Gasteiger partial charge in [0.1, 0.15) is 28.9 Å². The average molecular weight is 418 g/mol. The predicted molar refractivity (Wildman–Crippen MR) is 107 cm³/mol. The van der Waals surface area contributed by atoms with Crippen molar-refractivity contribution >= 4 is 17.2 Å². The summed E-state index contributed by atoms with van der Waals surface area (Å²) in [5.74, 6) is -0.688. The van der Waals surface area contributed by atoms with Gasteiger partial charge in [0.25, 0.3) is 5.91 Å². The van der Waals surface area contributed by atoms with Gasteiger partial charge in [-0.1, -0.05) is 0 Å². The fourth-order valence-electron chi connectivity index (χ4n) is 2.56. The first-order valence-corrected chi connectivity index (χ1v) is 9.77. The molecule has 1 aromatic heterocycles. The number of aromatic nitrogens is 1. The molecule has 8 heteroatoms. The second kappa shape index (κ2) is 9.00. The lowest BCUT2D eigenvalue weighted by molar-refractivity contribution is 0.0939. The molecule has 0 aliphatic heterocycles. The van der Waals surface area contributed by atoms with Crippen LogP contribution in [-0.4, -0.2) is 24.0 Å². The second-order valence-corrected chi connectivity index (χ2v) is 7.41. The molecule has 2 aromatic carbocycles. The molecule has 0 unspecified atom stereocenters. The third-order valence-electron chi connectivity index (χ3n) is 3.97. The van der Waals surface area contributed by atoms with Crippen molar-refractivity contribution in [1.82, 2.24) is 10.3 Å². The van der Waals surface area contributed by atoms with Gasteiger partial charge in [-0.15, -0.1) is 11.3 Å². The van der Waals surface area contributed by atoms with E-state index in [0.29, 0.717) is 22.2 Å². The first-order valence-electron chi connectivity index (χ1n) is 8.89. The van der Waals surface area contributed by atoms with E-state index in [1.165, 1.54) is 30.6 Å². The normalized spacial score (nSPS) is 10.8. The molecule has 1 N–H and O–H groups in total. The molecular weight excluding hydrogens is 398 g/mol. The number of carbonyl (C=O) groups is 1. The summed E-state index contributed by atoms with van der Waals surface area (Å²) in [7, 11) is 1.49. The highest BCUT2D eigenvalue weighted by atomic mass is 32.1. The number of nitrogens with one attached hydrogen (secondary N) is 1. The first-order chi connectivity index (χ1) is 13.9. The third kappa shape index (κ3) is 5.08. The molecule has 5 nitrogen and oxygen atoms in total. The molecule has 3 aromatic rings. The number of amides is 1.